The summed E-state index contributed by atoms with van der Waals surface area (Å²) in [6.45, 7) is 3.16. The Morgan fingerprint density at radius 2 is 1.75 bits per heavy atom. The maximum atomic E-state index is 11.0. The zero-order valence-corrected chi connectivity index (χ0v) is 7.55. The SMILES string of the molecule is CNC(=O)[C@H](C)NC(=O)C(C)N. The molecule has 5 nitrogen and oxygen atoms in total. The summed E-state index contributed by atoms with van der Waals surface area (Å²) in [6.07, 6.45) is 0. The van der Waals surface area contributed by atoms with Crippen LogP contribution >= 0.6 is 0 Å². The molecule has 0 saturated heterocycles. The Morgan fingerprint density at radius 1 is 1.25 bits per heavy atom. The van der Waals surface area contributed by atoms with Crippen LogP contribution in [0.25, 0.3) is 0 Å². The smallest absolute Gasteiger partial charge is 0.242 e. The fourth-order valence-corrected chi connectivity index (χ4v) is 0.627. The molecule has 0 aliphatic rings. The summed E-state index contributed by atoms with van der Waals surface area (Å²) >= 11 is 0. The summed E-state index contributed by atoms with van der Waals surface area (Å²) in [5, 5.41) is 4.87. The van der Waals surface area contributed by atoms with Crippen LogP contribution in [0.5, 0.6) is 0 Å². The van der Waals surface area contributed by atoms with Crippen LogP contribution in [-0.2, 0) is 9.59 Å². The highest BCUT2D eigenvalue weighted by molar-refractivity contribution is 5.88. The lowest BCUT2D eigenvalue weighted by molar-refractivity contribution is -0.128. The Labute approximate surface area is 71.7 Å². The first-order chi connectivity index (χ1) is 5.49. The molecular weight excluding hydrogens is 158 g/mol. The summed E-state index contributed by atoms with van der Waals surface area (Å²) < 4.78 is 0. The maximum Gasteiger partial charge on any atom is 0.242 e. The third-order valence-electron chi connectivity index (χ3n) is 1.41. The lowest BCUT2D eigenvalue weighted by Crippen LogP contribution is -2.48. The van der Waals surface area contributed by atoms with Gasteiger partial charge in [-0.2, -0.15) is 0 Å². The molecular formula is C7H15N3O2. The molecule has 0 aliphatic carbocycles. The largest absolute Gasteiger partial charge is 0.357 e. The van der Waals surface area contributed by atoms with Gasteiger partial charge in [-0.1, -0.05) is 0 Å². The number of likely N-dealkylation sites (N-methyl/N-ethyl adjacent to an activating group) is 1. The van der Waals surface area contributed by atoms with Crippen LogP contribution in [0.2, 0.25) is 0 Å². The number of hydrogen-bond acceptors (Lipinski definition) is 3. The highest BCUT2D eigenvalue weighted by Crippen LogP contribution is 1.83. The highest BCUT2D eigenvalue weighted by atomic mass is 16.2. The lowest BCUT2D eigenvalue weighted by atomic mass is 10.2. The normalized spacial score (nSPS) is 14.7. The second-order valence-corrected chi connectivity index (χ2v) is 2.63. The Balaban J connectivity index is 3.92. The van der Waals surface area contributed by atoms with Crippen LogP contribution in [0.3, 0.4) is 0 Å². The average molecular weight is 173 g/mol. The highest BCUT2D eigenvalue weighted by Gasteiger charge is 2.15. The van der Waals surface area contributed by atoms with Crippen molar-refractivity contribution in [2.24, 2.45) is 5.73 Å². The molecule has 0 saturated carbocycles. The van der Waals surface area contributed by atoms with Crippen molar-refractivity contribution >= 4 is 11.8 Å². The number of amides is 2. The van der Waals surface area contributed by atoms with E-state index in [1.165, 1.54) is 7.05 Å². The average Bonchev–Trinajstić information content (AvgIpc) is 2.02. The van der Waals surface area contributed by atoms with Crippen molar-refractivity contribution in [1.82, 2.24) is 10.6 Å². The van der Waals surface area contributed by atoms with Gasteiger partial charge in [-0.3, -0.25) is 9.59 Å². The number of nitrogens with one attached hydrogen (secondary N) is 2. The molecule has 2 amide bonds. The van der Waals surface area contributed by atoms with Gasteiger partial charge in [-0.25, -0.2) is 0 Å². The van der Waals surface area contributed by atoms with Crippen LogP contribution in [0.15, 0.2) is 0 Å². The van der Waals surface area contributed by atoms with Gasteiger partial charge in [0.25, 0.3) is 0 Å². The first-order valence-corrected chi connectivity index (χ1v) is 3.76. The molecule has 0 rings (SSSR count). The van der Waals surface area contributed by atoms with E-state index in [1.54, 1.807) is 13.8 Å². The van der Waals surface area contributed by atoms with Gasteiger partial charge in [0.1, 0.15) is 6.04 Å². The number of hydrogen-bond donors (Lipinski definition) is 3. The lowest BCUT2D eigenvalue weighted by Gasteiger charge is -2.13. The van der Waals surface area contributed by atoms with Crippen molar-refractivity contribution in [1.29, 1.82) is 0 Å². The fourth-order valence-electron chi connectivity index (χ4n) is 0.627. The first kappa shape index (κ1) is 10.9. The van der Waals surface area contributed by atoms with Gasteiger partial charge in [0, 0.05) is 7.05 Å². The molecule has 0 fully saturated rings. The number of carbonyl (C=O) groups excluding carboxylic acids is 2. The molecule has 1 unspecified atom stereocenters. The van der Waals surface area contributed by atoms with Crippen LogP contribution in [-0.4, -0.2) is 30.9 Å². The Morgan fingerprint density at radius 3 is 2.08 bits per heavy atom. The molecule has 0 aliphatic heterocycles. The molecule has 12 heavy (non-hydrogen) atoms. The molecule has 0 heterocycles. The number of rotatable bonds is 3. The molecule has 70 valence electrons. The standard InChI is InChI=1S/C7H15N3O2/c1-4(8)6(11)10-5(2)7(12)9-3/h4-5H,8H2,1-3H3,(H,9,12)(H,10,11)/t4?,5-/m0/s1. The Bertz CT molecular complexity index is 179. The van der Waals surface area contributed by atoms with Gasteiger partial charge >= 0.3 is 0 Å². The van der Waals surface area contributed by atoms with E-state index in [2.05, 4.69) is 10.6 Å². The third-order valence-corrected chi connectivity index (χ3v) is 1.41. The van der Waals surface area contributed by atoms with Crippen molar-refractivity contribution in [2.75, 3.05) is 7.05 Å². The molecule has 0 aromatic heterocycles. The minimum absolute atomic E-state index is 0.232. The topological polar surface area (TPSA) is 84.2 Å². The summed E-state index contributed by atoms with van der Waals surface area (Å²) in [5.41, 5.74) is 5.28. The minimum atomic E-state index is -0.586. The fraction of sp³-hybridized carbons (Fsp3) is 0.714. The molecule has 4 N–H and O–H groups in total. The predicted molar refractivity (Wildman–Crippen MR) is 45.3 cm³/mol. The molecule has 2 atom stereocenters. The van der Waals surface area contributed by atoms with Crippen molar-refractivity contribution < 1.29 is 9.59 Å². The second-order valence-electron chi connectivity index (χ2n) is 2.63. The maximum absolute atomic E-state index is 11.0. The van der Waals surface area contributed by atoms with Crippen molar-refractivity contribution in [3.8, 4) is 0 Å². The van der Waals surface area contributed by atoms with Crippen LogP contribution in [0.4, 0.5) is 0 Å². The zero-order chi connectivity index (χ0) is 9.72. The zero-order valence-electron chi connectivity index (χ0n) is 7.55. The van der Waals surface area contributed by atoms with Gasteiger partial charge in [0.15, 0.2) is 0 Å². The summed E-state index contributed by atoms with van der Waals surface area (Å²) in [4.78, 5) is 21.9. The van der Waals surface area contributed by atoms with E-state index in [-0.39, 0.29) is 11.8 Å². The summed E-state index contributed by atoms with van der Waals surface area (Å²) in [7, 11) is 1.51. The van der Waals surface area contributed by atoms with E-state index in [0.717, 1.165) is 0 Å². The molecule has 0 bridgehead atoms. The Kier molecular flexibility index (Phi) is 4.28. The van der Waals surface area contributed by atoms with Crippen molar-refractivity contribution in [3.05, 3.63) is 0 Å². The van der Waals surface area contributed by atoms with Crippen LogP contribution in [0.1, 0.15) is 13.8 Å². The first-order valence-electron chi connectivity index (χ1n) is 3.76. The molecule has 0 aromatic carbocycles. The van der Waals surface area contributed by atoms with E-state index in [9.17, 15) is 9.59 Å². The molecule has 0 aromatic rings. The van der Waals surface area contributed by atoms with E-state index >= 15 is 0 Å². The number of carbonyl (C=O) groups is 2. The van der Waals surface area contributed by atoms with Gasteiger partial charge in [-0.15, -0.1) is 0 Å². The van der Waals surface area contributed by atoms with Crippen molar-refractivity contribution in [2.45, 2.75) is 25.9 Å². The van der Waals surface area contributed by atoms with E-state index in [1.807, 2.05) is 0 Å². The molecule has 0 spiro atoms. The predicted octanol–water partition coefficient (Wildman–Crippen LogP) is -1.42. The summed E-state index contributed by atoms with van der Waals surface area (Å²) in [6, 6.07) is -1.12. The molecule has 5 heteroatoms. The van der Waals surface area contributed by atoms with Gasteiger partial charge < -0.3 is 16.4 Å². The van der Waals surface area contributed by atoms with Crippen LogP contribution < -0.4 is 16.4 Å². The van der Waals surface area contributed by atoms with E-state index in [0.29, 0.717) is 0 Å². The Hall–Kier alpha value is -1.10. The molecule has 0 radical (unpaired) electrons. The monoisotopic (exact) mass is 173 g/mol. The van der Waals surface area contributed by atoms with Crippen LogP contribution in [0, 0.1) is 0 Å². The quantitative estimate of drug-likeness (QED) is 0.490. The van der Waals surface area contributed by atoms with Gasteiger partial charge in [-0.05, 0) is 13.8 Å². The van der Waals surface area contributed by atoms with E-state index in [4.69, 9.17) is 5.73 Å². The van der Waals surface area contributed by atoms with Gasteiger partial charge in [0.05, 0.1) is 6.04 Å². The minimum Gasteiger partial charge on any atom is -0.357 e. The second kappa shape index (κ2) is 4.71. The third kappa shape index (κ3) is 3.34. The summed E-state index contributed by atoms with van der Waals surface area (Å²) in [5.74, 6) is -0.560. The van der Waals surface area contributed by atoms with Crippen molar-refractivity contribution in [3.63, 3.8) is 0 Å². The van der Waals surface area contributed by atoms with E-state index < -0.39 is 12.1 Å². The number of nitrogens with two attached hydrogens (primary N) is 1. The van der Waals surface area contributed by atoms with Gasteiger partial charge in [0.2, 0.25) is 11.8 Å².